The fourth-order valence-corrected chi connectivity index (χ4v) is 25.6. The van der Waals surface area contributed by atoms with Crippen molar-refractivity contribution in [2.24, 2.45) is 0 Å². The van der Waals surface area contributed by atoms with Crippen molar-refractivity contribution in [1.82, 2.24) is 0 Å². The van der Waals surface area contributed by atoms with Crippen molar-refractivity contribution < 1.29 is 45.1 Å². The number of halogens is 2. The first-order valence-electron chi connectivity index (χ1n) is 11.2. The van der Waals surface area contributed by atoms with Crippen LogP contribution in [0.25, 0.3) is 22.3 Å². The summed E-state index contributed by atoms with van der Waals surface area (Å²) in [5.41, 5.74) is 12.5. The largest absolute Gasteiger partial charge is 1.00 e. The van der Waals surface area contributed by atoms with E-state index in [4.69, 9.17) is 0 Å². The molecule has 0 N–H and O–H groups in total. The van der Waals surface area contributed by atoms with Crippen LogP contribution in [0.3, 0.4) is 0 Å². The minimum Gasteiger partial charge on any atom is -1.00 e. The zero-order valence-electron chi connectivity index (χ0n) is 17.9. The fraction of sp³-hybridized carbons (Fsp3) is 0.172. The van der Waals surface area contributed by atoms with Gasteiger partial charge in [0.2, 0.25) is 0 Å². The molecule has 1 atom stereocenters. The van der Waals surface area contributed by atoms with E-state index in [1.54, 1.807) is 22.3 Å². The van der Waals surface area contributed by atoms with Gasteiger partial charge in [-0.05, 0) is 0 Å². The Morgan fingerprint density at radius 1 is 0.500 bits per heavy atom. The summed E-state index contributed by atoms with van der Waals surface area (Å²) in [4.78, 5) is 0. The molecule has 0 radical (unpaired) electrons. The van der Waals surface area contributed by atoms with E-state index < -0.39 is 20.3 Å². The smallest absolute Gasteiger partial charge is 1.00 e. The van der Waals surface area contributed by atoms with Crippen molar-refractivity contribution >= 4 is 0 Å². The first-order chi connectivity index (χ1) is 14.8. The van der Waals surface area contributed by atoms with Gasteiger partial charge in [-0.25, -0.2) is 0 Å². The fourth-order valence-electron chi connectivity index (χ4n) is 6.91. The predicted octanol–water partition coefficient (Wildman–Crippen LogP) is 1.93. The van der Waals surface area contributed by atoms with Crippen LogP contribution < -0.4 is 24.8 Å². The standard InChI is InChI=1S/2C13H9.C3H6.2ClH.Zr/c2*1-3-7-12-10(5-1)9-11-6-2-4-8-13(11)12;1-3-2;;;/h2*1-9H;3H,1H2,2H3;2*1H;/q;;;;;+2/p-2. The zero-order valence-corrected chi connectivity index (χ0v) is 21.9. The van der Waals surface area contributed by atoms with Crippen LogP contribution in [-0.2, 0) is 20.3 Å². The van der Waals surface area contributed by atoms with Gasteiger partial charge in [0.1, 0.15) is 0 Å². The minimum atomic E-state index is -2.69. The molecule has 1 aliphatic heterocycles. The Morgan fingerprint density at radius 3 is 1.00 bits per heavy atom. The van der Waals surface area contributed by atoms with E-state index in [2.05, 4.69) is 104 Å². The second-order valence-electron chi connectivity index (χ2n) is 9.43. The molecule has 1 saturated heterocycles. The molecule has 0 spiro atoms. The van der Waals surface area contributed by atoms with Crippen LogP contribution in [0.15, 0.2) is 97.1 Å². The average Bonchev–Trinajstić information content (AvgIpc) is 3.19. The molecule has 2 aliphatic carbocycles. The van der Waals surface area contributed by atoms with Crippen LogP contribution in [0.5, 0.6) is 0 Å². The van der Waals surface area contributed by atoms with Crippen LogP contribution in [0.1, 0.15) is 36.4 Å². The molecule has 0 saturated carbocycles. The second-order valence-corrected chi connectivity index (χ2v) is 21.2. The SMILES string of the molecule is C[CH]1[CH2][Zr+2]1([CH]1c2ccccc2-c2ccccc21)[CH]1c2ccccc2-c2ccccc21.[Cl-].[Cl-]. The third-order valence-electron chi connectivity index (χ3n) is 8.16. The Balaban J connectivity index is 0.00000108. The summed E-state index contributed by atoms with van der Waals surface area (Å²) in [5, 5.41) is 0. The molecule has 7 rings (SSSR count). The Bertz CT molecular complexity index is 1140. The summed E-state index contributed by atoms with van der Waals surface area (Å²) in [7, 11) is 0. The summed E-state index contributed by atoms with van der Waals surface area (Å²) >= 11 is -2.69. The van der Waals surface area contributed by atoms with Crippen molar-refractivity contribution in [3.05, 3.63) is 119 Å². The van der Waals surface area contributed by atoms with E-state index >= 15 is 0 Å². The first kappa shape index (κ1) is 22.2. The van der Waals surface area contributed by atoms with Crippen molar-refractivity contribution in [2.75, 3.05) is 0 Å². The Hall–Kier alpha value is -1.66. The van der Waals surface area contributed by atoms with E-state index in [-0.39, 0.29) is 24.8 Å². The van der Waals surface area contributed by atoms with Crippen molar-refractivity contribution in [3.63, 3.8) is 0 Å². The second kappa shape index (κ2) is 7.98. The number of hydrogen-bond donors (Lipinski definition) is 0. The van der Waals surface area contributed by atoms with Gasteiger partial charge < -0.3 is 24.8 Å². The van der Waals surface area contributed by atoms with Gasteiger partial charge in [0.15, 0.2) is 0 Å². The van der Waals surface area contributed by atoms with Crippen LogP contribution >= 0.6 is 0 Å². The van der Waals surface area contributed by atoms with Crippen LogP contribution in [-0.4, -0.2) is 0 Å². The minimum absolute atomic E-state index is 0. The molecule has 158 valence electrons. The number of hydrogen-bond acceptors (Lipinski definition) is 0. The molecule has 3 aliphatic rings. The quantitative estimate of drug-likeness (QED) is 0.369. The molecule has 3 heteroatoms. The van der Waals surface area contributed by atoms with E-state index in [1.807, 2.05) is 0 Å². The summed E-state index contributed by atoms with van der Waals surface area (Å²) in [6.45, 7) is 2.57. The first-order valence-corrected chi connectivity index (χ1v) is 17.2. The molecule has 0 bridgehead atoms. The molecular weight excluding hydrogens is 510 g/mol. The van der Waals surface area contributed by atoms with E-state index in [1.165, 1.54) is 26.4 Å². The van der Waals surface area contributed by atoms with Gasteiger partial charge in [0.05, 0.1) is 0 Å². The molecule has 1 heterocycles. The molecule has 4 aromatic rings. The Morgan fingerprint density at radius 2 is 0.750 bits per heavy atom. The van der Waals surface area contributed by atoms with Gasteiger partial charge in [0, 0.05) is 0 Å². The number of rotatable bonds is 2. The predicted molar refractivity (Wildman–Crippen MR) is 122 cm³/mol. The maximum absolute atomic E-state index is 2.69. The van der Waals surface area contributed by atoms with Crippen LogP contribution in [0, 0.1) is 0 Å². The zero-order chi connectivity index (χ0) is 19.9. The van der Waals surface area contributed by atoms with Gasteiger partial charge in [-0.15, -0.1) is 0 Å². The molecule has 32 heavy (non-hydrogen) atoms. The van der Waals surface area contributed by atoms with Gasteiger partial charge in [0.25, 0.3) is 0 Å². The molecule has 0 nitrogen and oxygen atoms in total. The van der Waals surface area contributed by atoms with Crippen molar-refractivity contribution in [2.45, 2.75) is 21.9 Å². The maximum atomic E-state index is 2.57. The molecule has 0 aromatic heterocycles. The normalized spacial score (nSPS) is 18.1. The third kappa shape index (κ3) is 2.78. The van der Waals surface area contributed by atoms with Crippen molar-refractivity contribution in [1.29, 1.82) is 0 Å². The number of benzene rings is 4. The average molecular weight is 535 g/mol. The third-order valence-corrected chi connectivity index (χ3v) is 23.5. The van der Waals surface area contributed by atoms with Gasteiger partial charge in [-0.1, -0.05) is 0 Å². The monoisotopic (exact) mass is 532 g/mol. The summed E-state index contributed by atoms with van der Waals surface area (Å²) in [6, 6.07) is 37.1. The van der Waals surface area contributed by atoms with E-state index in [9.17, 15) is 0 Å². The Kier molecular flexibility index (Phi) is 5.53. The number of fused-ring (bicyclic) bond motifs is 6. The van der Waals surface area contributed by atoms with Gasteiger partial charge >= 0.3 is 184 Å². The van der Waals surface area contributed by atoms with Crippen molar-refractivity contribution in [3.8, 4) is 22.3 Å². The van der Waals surface area contributed by atoms with Crippen LogP contribution in [0.2, 0.25) is 7.75 Å². The van der Waals surface area contributed by atoms with E-state index in [0.717, 1.165) is 3.63 Å². The van der Waals surface area contributed by atoms with Crippen LogP contribution in [0.4, 0.5) is 0 Å². The van der Waals surface area contributed by atoms with Gasteiger partial charge in [-0.2, -0.15) is 0 Å². The molecular formula is C29H24Cl2Zr. The molecule has 4 aromatic carbocycles. The molecule has 1 unspecified atom stereocenters. The maximum Gasteiger partial charge on any atom is -1.00 e. The summed E-state index contributed by atoms with van der Waals surface area (Å²) in [5.74, 6) is 0. The molecule has 0 amide bonds. The summed E-state index contributed by atoms with van der Waals surface area (Å²) < 4.78 is 3.75. The summed E-state index contributed by atoms with van der Waals surface area (Å²) in [6.07, 6.45) is 0. The topological polar surface area (TPSA) is 0 Å². The van der Waals surface area contributed by atoms with E-state index in [0.29, 0.717) is 7.25 Å². The Labute approximate surface area is 207 Å². The van der Waals surface area contributed by atoms with Gasteiger partial charge in [-0.3, -0.25) is 0 Å². The molecule has 1 fully saturated rings.